The number of hydrogen-bond acceptors (Lipinski definition) is 2. The van der Waals surface area contributed by atoms with Crippen molar-refractivity contribution in [3.8, 4) is 0 Å². The molecule has 0 spiro atoms. The van der Waals surface area contributed by atoms with Gasteiger partial charge in [0.25, 0.3) is 0 Å². The third kappa shape index (κ3) is 4.93. The second kappa shape index (κ2) is 6.32. The van der Waals surface area contributed by atoms with E-state index >= 15 is 0 Å². The summed E-state index contributed by atoms with van der Waals surface area (Å²) in [4.78, 5) is 9.84. The molecule has 0 amide bonds. The van der Waals surface area contributed by atoms with E-state index in [0.717, 1.165) is 12.3 Å². The molecule has 11 heavy (non-hydrogen) atoms. The monoisotopic (exact) mass is 157 g/mol. The van der Waals surface area contributed by atoms with Crippen molar-refractivity contribution in [3.05, 3.63) is 4.91 Å². The molecular weight excluding hydrogens is 138 g/mol. The van der Waals surface area contributed by atoms with Gasteiger partial charge in [-0.15, -0.1) is 0 Å². The van der Waals surface area contributed by atoms with E-state index in [1.54, 1.807) is 0 Å². The Balaban J connectivity index is 3.45. The van der Waals surface area contributed by atoms with Gasteiger partial charge in [-0.05, 0) is 18.3 Å². The van der Waals surface area contributed by atoms with Gasteiger partial charge in [-0.1, -0.05) is 38.8 Å². The number of hydrogen-bond donors (Lipinski definition) is 0. The highest BCUT2D eigenvalue weighted by molar-refractivity contribution is 4.62. The number of nitroso groups, excluding NO2 is 1. The smallest absolute Gasteiger partial charge is 0.0813 e. The molecule has 2 unspecified atom stereocenters. The summed E-state index contributed by atoms with van der Waals surface area (Å²) in [7, 11) is 0. The van der Waals surface area contributed by atoms with E-state index in [1.807, 2.05) is 0 Å². The summed E-state index contributed by atoms with van der Waals surface area (Å²) in [5.74, 6) is 1.38. The van der Waals surface area contributed by atoms with E-state index in [-0.39, 0.29) is 0 Å². The van der Waals surface area contributed by atoms with E-state index in [9.17, 15) is 4.91 Å². The van der Waals surface area contributed by atoms with E-state index in [1.165, 1.54) is 12.8 Å². The molecule has 0 saturated heterocycles. The highest BCUT2D eigenvalue weighted by atomic mass is 16.3. The van der Waals surface area contributed by atoms with Crippen LogP contribution in [-0.2, 0) is 0 Å². The number of nitrogens with zero attached hydrogens (tertiary/aromatic N) is 1. The molecule has 0 radical (unpaired) electrons. The van der Waals surface area contributed by atoms with E-state index < -0.39 is 0 Å². The van der Waals surface area contributed by atoms with Gasteiger partial charge in [0.15, 0.2) is 0 Å². The molecule has 66 valence electrons. The van der Waals surface area contributed by atoms with Gasteiger partial charge in [0.1, 0.15) is 0 Å². The molecule has 0 fully saturated rings. The molecule has 0 aromatic heterocycles. The van der Waals surface area contributed by atoms with Crippen molar-refractivity contribution in [1.29, 1.82) is 0 Å². The molecule has 0 aliphatic rings. The lowest BCUT2D eigenvalue weighted by atomic mass is 9.89. The second-order valence-electron chi connectivity index (χ2n) is 3.38. The summed E-state index contributed by atoms with van der Waals surface area (Å²) < 4.78 is 0. The molecule has 2 atom stereocenters. The molecule has 0 rings (SSSR count). The fraction of sp³-hybridized carbons (Fsp3) is 1.00. The van der Waals surface area contributed by atoms with Crippen LogP contribution in [0.25, 0.3) is 0 Å². The van der Waals surface area contributed by atoms with Crippen LogP contribution in [0.5, 0.6) is 0 Å². The van der Waals surface area contributed by atoms with Crippen LogP contribution in [0.15, 0.2) is 5.18 Å². The van der Waals surface area contributed by atoms with Gasteiger partial charge in [-0.2, -0.15) is 4.91 Å². The van der Waals surface area contributed by atoms with Crippen molar-refractivity contribution in [3.63, 3.8) is 0 Å². The van der Waals surface area contributed by atoms with Crippen molar-refractivity contribution in [2.75, 3.05) is 6.54 Å². The standard InChI is InChI=1S/C9H19NO/c1-4-5-8(2)9(3)6-7-10-11/h8-9H,4-7H2,1-3H3. The maximum atomic E-state index is 9.84. The molecule has 0 aromatic rings. The van der Waals surface area contributed by atoms with Gasteiger partial charge >= 0.3 is 0 Å². The van der Waals surface area contributed by atoms with E-state index in [4.69, 9.17) is 0 Å². The molecule has 2 nitrogen and oxygen atoms in total. The summed E-state index contributed by atoms with van der Waals surface area (Å²) in [6, 6.07) is 0. The fourth-order valence-electron chi connectivity index (χ4n) is 1.28. The Morgan fingerprint density at radius 1 is 1.18 bits per heavy atom. The molecule has 0 N–H and O–H groups in total. The summed E-state index contributed by atoms with van der Waals surface area (Å²) in [5, 5.41) is 2.87. The maximum absolute atomic E-state index is 9.84. The minimum absolute atomic E-state index is 0.481. The van der Waals surface area contributed by atoms with Crippen LogP contribution in [0.4, 0.5) is 0 Å². The Hall–Kier alpha value is -0.400. The van der Waals surface area contributed by atoms with Crippen molar-refractivity contribution >= 4 is 0 Å². The quantitative estimate of drug-likeness (QED) is 0.544. The van der Waals surface area contributed by atoms with Crippen LogP contribution >= 0.6 is 0 Å². The summed E-state index contributed by atoms with van der Waals surface area (Å²) in [6.45, 7) is 7.13. The first-order chi connectivity index (χ1) is 5.22. The average Bonchev–Trinajstić information content (AvgIpc) is 2.00. The van der Waals surface area contributed by atoms with Crippen molar-refractivity contribution in [2.45, 2.75) is 40.0 Å². The summed E-state index contributed by atoms with van der Waals surface area (Å²) in [5.41, 5.74) is 0. The van der Waals surface area contributed by atoms with Crippen LogP contribution in [0.1, 0.15) is 40.0 Å². The molecule has 2 heteroatoms. The Morgan fingerprint density at radius 2 is 1.73 bits per heavy atom. The van der Waals surface area contributed by atoms with Crippen molar-refractivity contribution in [1.82, 2.24) is 0 Å². The molecule has 0 bridgehead atoms. The van der Waals surface area contributed by atoms with Gasteiger partial charge in [0.05, 0.1) is 6.54 Å². The zero-order valence-corrected chi connectivity index (χ0v) is 7.84. The third-order valence-electron chi connectivity index (χ3n) is 2.39. The first kappa shape index (κ1) is 10.6. The zero-order valence-electron chi connectivity index (χ0n) is 7.84. The van der Waals surface area contributed by atoms with Crippen LogP contribution in [0, 0.1) is 16.7 Å². The first-order valence-electron chi connectivity index (χ1n) is 4.51. The first-order valence-corrected chi connectivity index (χ1v) is 4.51. The fourth-order valence-corrected chi connectivity index (χ4v) is 1.28. The highest BCUT2D eigenvalue weighted by Crippen LogP contribution is 2.19. The number of rotatable bonds is 6. The van der Waals surface area contributed by atoms with Crippen molar-refractivity contribution in [2.24, 2.45) is 17.0 Å². The van der Waals surface area contributed by atoms with Gasteiger partial charge in [-0.3, -0.25) is 0 Å². The third-order valence-corrected chi connectivity index (χ3v) is 2.39. The van der Waals surface area contributed by atoms with Gasteiger partial charge < -0.3 is 0 Å². The SMILES string of the molecule is CCCC(C)C(C)CCN=O. The summed E-state index contributed by atoms with van der Waals surface area (Å²) >= 11 is 0. The largest absolute Gasteiger partial charge is 0.151 e. The van der Waals surface area contributed by atoms with Gasteiger partial charge in [0.2, 0.25) is 0 Å². The van der Waals surface area contributed by atoms with Gasteiger partial charge in [0, 0.05) is 0 Å². The average molecular weight is 157 g/mol. The molecule has 0 aromatic carbocycles. The predicted molar refractivity (Wildman–Crippen MR) is 48.5 cm³/mol. The van der Waals surface area contributed by atoms with Crippen LogP contribution < -0.4 is 0 Å². The lowest BCUT2D eigenvalue weighted by molar-refractivity contribution is 0.345. The zero-order chi connectivity index (χ0) is 8.69. The van der Waals surface area contributed by atoms with Crippen LogP contribution in [-0.4, -0.2) is 6.54 Å². The molecule has 0 aliphatic heterocycles. The van der Waals surface area contributed by atoms with E-state index in [2.05, 4.69) is 25.9 Å². The minimum Gasteiger partial charge on any atom is -0.151 e. The molecular formula is C9H19NO. The molecule has 0 aliphatic carbocycles. The van der Waals surface area contributed by atoms with Crippen LogP contribution in [0.3, 0.4) is 0 Å². The predicted octanol–water partition coefficient (Wildman–Crippen LogP) is 3.22. The second-order valence-corrected chi connectivity index (χ2v) is 3.38. The summed E-state index contributed by atoms with van der Waals surface area (Å²) in [6.07, 6.45) is 3.45. The minimum atomic E-state index is 0.481. The van der Waals surface area contributed by atoms with Crippen molar-refractivity contribution < 1.29 is 0 Å². The topological polar surface area (TPSA) is 29.4 Å². The highest BCUT2D eigenvalue weighted by Gasteiger charge is 2.10. The lowest BCUT2D eigenvalue weighted by Crippen LogP contribution is -2.08. The normalized spacial score (nSPS) is 15.9. The molecule has 0 heterocycles. The Morgan fingerprint density at radius 3 is 2.18 bits per heavy atom. The lowest BCUT2D eigenvalue weighted by Gasteiger charge is -2.17. The molecule has 0 saturated carbocycles. The van der Waals surface area contributed by atoms with Crippen LogP contribution in [0.2, 0.25) is 0 Å². The van der Waals surface area contributed by atoms with Gasteiger partial charge in [-0.25, -0.2) is 0 Å². The Kier molecular flexibility index (Phi) is 6.09. The Labute approximate surface area is 69.4 Å². The Bertz CT molecular complexity index is 104. The van der Waals surface area contributed by atoms with E-state index in [0.29, 0.717) is 12.5 Å². The maximum Gasteiger partial charge on any atom is 0.0813 e.